The van der Waals surface area contributed by atoms with Crippen molar-refractivity contribution in [3.63, 3.8) is 0 Å². The van der Waals surface area contributed by atoms with Gasteiger partial charge in [0, 0.05) is 17.7 Å². The molecule has 0 radical (unpaired) electrons. The molecular weight excluding hydrogens is 289 g/mol. The van der Waals surface area contributed by atoms with Gasteiger partial charge in [0.1, 0.15) is 18.2 Å². The third-order valence-corrected chi connectivity index (χ3v) is 4.05. The fourth-order valence-electron chi connectivity index (χ4n) is 1.69. The van der Waals surface area contributed by atoms with E-state index in [1.54, 1.807) is 12.1 Å². The van der Waals surface area contributed by atoms with Crippen LogP contribution in [0.2, 0.25) is 0 Å². The number of ether oxygens (including phenoxy) is 1. The van der Waals surface area contributed by atoms with Crippen LogP contribution in [-0.2, 0) is 6.61 Å². The Hall–Kier alpha value is -1.88. The summed E-state index contributed by atoms with van der Waals surface area (Å²) in [5.41, 5.74) is 0.901. The molecule has 21 heavy (non-hydrogen) atoms. The van der Waals surface area contributed by atoms with Gasteiger partial charge in [-0.15, -0.1) is 11.3 Å². The highest BCUT2D eigenvalue weighted by Gasteiger charge is 2.11. The van der Waals surface area contributed by atoms with Crippen molar-refractivity contribution in [2.75, 3.05) is 0 Å². The lowest BCUT2D eigenvalue weighted by Gasteiger charge is -2.09. The molecule has 0 aliphatic rings. The van der Waals surface area contributed by atoms with Gasteiger partial charge in [-0.05, 0) is 36.9 Å². The molecule has 1 aromatic carbocycles. The van der Waals surface area contributed by atoms with E-state index in [9.17, 15) is 9.18 Å². The van der Waals surface area contributed by atoms with Crippen LogP contribution in [0.3, 0.4) is 0 Å². The molecule has 1 amide bonds. The second-order valence-corrected chi connectivity index (χ2v) is 5.76. The molecule has 3 nitrogen and oxygen atoms in total. The number of nitrogens with one attached hydrogen (secondary N) is 1. The highest BCUT2D eigenvalue weighted by molar-refractivity contribution is 7.12. The van der Waals surface area contributed by atoms with E-state index in [0.29, 0.717) is 17.2 Å². The van der Waals surface area contributed by atoms with Crippen molar-refractivity contribution in [1.82, 2.24) is 5.32 Å². The van der Waals surface area contributed by atoms with Crippen molar-refractivity contribution in [2.45, 2.75) is 32.9 Å². The average Bonchev–Trinajstić information content (AvgIpc) is 2.94. The van der Waals surface area contributed by atoms with Crippen LogP contribution < -0.4 is 10.1 Å². The van der Waals surface area contributed by atoms with Crippen molar-refractivity contribution in [3.8, 4) is 5.75 Å². The van der Waals surface area contributed by atoms with Gasteiger partial charge >= 0.3 is 0 Å². The molecule has 0 fully saturated rings. The Bertz CT molecular complexity index is 612. The van der Waals surface area contributed by atoms with Crippen molar-refractivity contribution in [2.24, 2.45) is 0 Å². The van der Waals surface area contributed by atoms with E-state index in [1.165, 1.54) is 23.5 Å². The Kier molecular flexibility index (Phi) is 5.33. The van der Waals surface area contributed by atoms with E-state index in [0.717, 1.165) is 12.0 Å². The molecule has 1 atom stereocenters. The summed E-state index contributed by atoms with van der Waals surface area (Å²) < 4.78 is 18.5. The molecule has 2 rings (SSSR count). The van der Waals surface area contributed by atoms with Gasteiger partial charge in [-0.1, -0.05) is 13.0 Å². The Morgan fingerprint density at radius 1 is 1.43 bits per heavy atom. The molecule has 1 N–H and O–H groups in total. The quantitative estimate of drug-likeness (QED) is 0.876. The molecule has 2 aromatic rings. The molecular formula is C16H18FNO2S. The normalized spacial score (nSPS) is 12.0. The summed E-state index contributed by atoms with van der Waals surface area (Å²) in [6, 6.07) is 7.97. The lowest BCUT2D eigenvalue weighted by atomic mass is 10.2. The van der Waals surface area contributed by atoms with Crippen LogP contribution in [0.15, 0.2) is 35.7 Å². The number of carbonyl (C=O) groups excluding carboxylic acids is 1. The first-order valence-electron chi connectivity index (χ1n) is 6.85. The van der Waals surface area contributed by atoms with Gasteiger partial charge in [0.2, 0.25) is 0 Å². The zero-order valence-corrected chi connectivity index (χ0v) is 12.9. The minimum atomic E-state index is -0.327. The third-order valence-electron chi connectivity index (χ3n) is 3.07. The maximum absolute atomic E-state index is 13.0. The summed E-state index contributed by atoms with van der Waals surface area (Å²) in [4.78, 5) is 12.6. The van der Waals surface area contributed by atoms with Gasteiger partial charge < -0.3 is 10.1 Å². The predicted molar refractivity (Wildman–Crippen MR) is 82.3 cm³/mol. The molecule has 1 unspecified atom stereocenters. The minimum absolute atomic E-state index is 0.0636. The summed E-state index contributed by atoms with van der Waals surface area (Å²) in [5, 5.41) is 4.80. The topological polar surface area (TPSA) is 38.3 Å². The fourth-order valence-corrected chi connectivity index (χ4v) is 2.49. The summed E-state index contributed by atoms with van der Waals surface area (Å²) in [6.07, 6.45) is 0.895. The van der Waals surface area contributed by atoms with E-state index >= 15 is 0 Å². The predicted octanol–water partition coefficient (Wildman–Crippen LogP) is 3.99. The van der Waals surface area contributed by atoms with Crippen LogP contribution in [0, 0.1) is 5.82 Å². The van der Waals surface area contributed by atoms with E-state index in [1.807, 2.05) is 25.3 Å². The number of halogens is 1. The van der Waals surface area contributed by atoms with E-state index in [2.05, 4.69) is 5.32 Å². The van der Waals surface area contributed by atoms with Crippen molar-refractivity contribution in [3.05, 3.63) is 52.0 Å². The summed E-state index contributed by atoms with van der Waals surface area (Å²) in [6.45, 7) is 4.31. The third kappa shape index (κ3) is 4.56. The number of benzene rings is 1. The molecule has 112 valence electrons. The summed E-state index contributed by atoms with van der Waals surface area (Å²) in [7, 11) is 0. The number of hydrogen-bond donors (Lipinski definition) is 1. The Morgan fingerprint density at radius 3 is 2.95 bits per heavy atom. The molecule has 1 heterocycles. The highest BCUT2D eigenvalue weighted by atomic mass is 32.1. The first-order chi connectivity index (χ1) is 10.1. The van der Waals surface area contributed by atoms with Crippen molar-refractivity contribution >= 4 is 17.2 Å². The Balaban J connectivity index is 1.92. The molecule has 0 spiro atoms. The van der Waals surface area contributed by atoms with Gasteiger partial charge in [0.25, 0.3) is 5.91 Å². The largest absolute Gasteiger partial charge is 0.489 e. The van der Waals surface area contributed by atoms with Crippen LogP contribution in [0.1, 0.15) is 35.5 Å². The first-order valence-corrected chi connectivity index (χ1v) is 7.73. The first kappa shape index (κ1) is 15.5. The fraction of sp³-hybridized carbons (Fsp3) is 0.312. The molecule has 0 saturated carbocycles. The zero-order chi connectivity index (χ0) is 15.2. The number of thiophene rings is 1. The lowest BCUT2D eigenvalue weighted by molar-refractivity contribution is 0.0943. The van der Waals surface area contributed by atoms with Crippen LogP contribution in [0.25, 0.3) is 0 Å². The van der Waals surface area contributed by atoms with Crippen LogP contribution in [0.5, 0.6) is 5.75 Å². The molecule has 0 bridgehead atoms. The number of rotatable bonds is 6. The van der Waals surface area contributed by atoms with Crippen LogP contribution >= 0.6 is 11.3 Å². The van der Waals surface area contributed by atoms with Crippen LogP contribution in [-0.4, -0.2) is 11.9 Å². The monoisotopic (exact) mass is 307 g/mol. The second kappa shape index (κ2) is 7.22. The molecule has 0 saturated heterocycles. The van der Waals surface area contributed by atoms with Gasteiger partial charge in [-0.2, -0.15) is 0 Å². The smallest absolute Gasteiger partial charge is 0.261 e. The van der Waals surface area contributed by atoms with Crippen molar-refractivity contribution in [1.29, 1.82) is 0 Å². The molecule has 1 aromatic heterocycles. The Labute approximate surface area is 127 Å². The van der Waals surface area contributed by atoms with Gasteiger partial charge in [0.05, 0.1) is 4.88 Å². The minimum Gasteiger partial charge on any atom is -0.489 e. The van der Waals surface area contributed by atoms with Crippen LogP contribution in [0.4, 0.5) is 4.39 Å². The number of hydrogen-bond acceptors (Lipinski definition) is 3. The van der Waals surface area contributed by atoms with E-state index < -0.39 is 0 Å². The van der Waals surface area contributed by atoms with Gasteiger partial charge in [-0.25, -0.2) is 4.39 Å². The average molecular weight is 307 g/mol. The SMILES string of the molecule is CCC(C)NC(=O)c1cc(COc2cccc(F)c2)cs1. The van der Waals surface area contributed by atoms with Gasteiger partial charge in [-0.3, -0.25) is 4.79 Å². The lowest BCUT2D eigenvalue weighted by Crippen LogP contribution is -2.31. The van der Waals surface area contributed by atoms with E-state index in [4.69, 9.17) is 4.74 Å². The maximum atomic E-state index is 13.0. The zero-order valence-electron chi connectivity index (χ0n) is 12.1. The van der Waals surface area contributed by atoms with Gasteiger partial charge in [0.15, 0.2) is 0 Å². The standard InChI is InChI=1S/C16H18FNO2S/c1-3-11(2)18-16(19)15-7-12(10-21-15)9-20-14-6-4-5-13(17)8-14/h4-8,10-11H,3,9H2,1-2H3,(H,18,19). The Morgan fingerprint density at radius 2 is 2.24 bits per heavy atom. The molecule has 0 aliphatic heterocycles. The molecule has 5 heteroatoms. The second-order valence-electron chi connectivity index (χ2n) is 4.85. The molecule has 0 aliphatic carbocycles. The maximum Gasteiger partial charge on any atom is 0.261 e. The van der Waals surface area contributed by atoms with Crippen molar-refractivity contribution < 1.29 is 13.9 Å². The number of carbonyl (C=O) groups is 1. The number of amides is 1. The van der Waals surface area contributed by atoms with E-state index in [-0.39, 0.29) is 17.8 Å². The highest BCUT2D eigenvalue weighted by Crippen LogP contribution is 2.18. The summed E-state index contributed by atoms with van der Waals surface area (Å²) in [5.74, 6) is 0.0876. The summed E-state index contributed by atoms with van der Waals surface area (Å²) >= 11 is 1.38.